The van der Waals surface area contributed by atoms with Crippen molar-refractivity contribution in [3.63, 3.8) is 0 Å². The van der Waals surface area contributed by atoms with Gasteiger partial charge in [0, 0.05) is 35.3 Å². The number of hydrogen-bond donors (Lipinski definition) is 1. The summed E-state index contributed by atoms with van der Waals surface area (Å²) in [5.74, 6) is -0.876. The van der Waals surface area contributed by atoms with Gasteiger partial charge < -0.3 is 14.6 Å². The number of ether oxygens (including phenoxy) is 1. The van der Waals surface area contributed by atoms with E-state index >= 15 is 0 Å². The van der Waals surface area contributed by atoms with Gasteiger partial charge in [-0.2, -0.15) is 5.26 Å². The number of nitrogens with zero attached hydrogens (tertiary/aromatic N) is 2. The van der Waals surface area contributed by atoms with Gasteiger partial charge in [0.1, 0.15) is 13.2 Å². The topological polar surface area (TPSA) is 84.1 Å². The van der Waals surface area contributed by atoms with Crippen LogP contribution in [0.15, 0.2) is 66.9 Å². The molecule has 0 atom stereocenters. The molecule has 1 aromatic heterocycles. The first-order valence-electron chi connectivity index (χ1n) is 9.27. The number of aryl methyl sites for hydroxylation is 1. The van der Waals surface area contributed by atoms with Crippen LogP contribution in [0, 0.1) is 11.3 Å². The summed E-state index contributed by atoms with van der Waals surface area (Å²) >= 11 is 0. The van der Waals surface area contributed by atoms with Crippen LogP contribution in [0.5, 0.6) is 0 Å². The van der Waals surface area contributed by atoms with Crippen LogP contribution < -0.4 is 5.32 Å². The molecule has 0 aliphatic heterocycles. The number of para-hydroxylation sites is 1. The van der Waals surface area contributed by atoms with E-state index in [9.17, 15) is 9.59 Å². The molecular weight excluding hydrogens is 366 g/mol. The maximum atomic E-state index is 12.1. The average molecular weight is 387 g/mol. The minimum Gasteiger partial charge on any atom is -0.460 e. The third-order valence-corrected chi connectivity index (χ3v) is 4.35. The van der Waals surface area contributed by atoms with Gasteiger partial charge in [0.25, 0.3) is 0 Å². The fraction of sp³-hybridized carbons (Fsp3) is 0.174. The lowest BCUT2D eigenvalue weighted by Crippen LogP contribution is -2.29. The van der Waals surface area contributed by atoms with E-state index < -0.39 is 5.97 Å². The lowest BCUT2D eigenvalue weighted by Gasteiger charge is -2.05. The molecule has 1 N–H and O–H groups in total. The molecule has 1 heterocycles. The lowest BCUT2D eigenvalue weighted by atomic mass is 10.1. The molecule has 0 unspecified atom stereocenters. The van der Waals surface area contributed by atoms with Crippen LogP contribution in [0.4, 0.5) is 0 Å². The van der Waals surface area contributed by atoms with Crippen molar-refractivity contribution in [2.24, 2.45) is 0 Å². The number of aromatic nitrogens is 1. The van der Waals surface area contributed by atoms with Gasteiger partial charge in [-0.1, -0.05) is 48.5 Å². The molecule has 0 aliphatic carbocycles. The maximum Gasteiger partial charge on any atom is 0.325 e. The molecule has 0 saturated carbocycles. The van der Waals surface area contributed by atoms with Crippen LogP contribution >= 0.6 is 0 Å². The monoisotopic (exact) mass is 387 g/mol. The highest BCUT2D eigenvalue weighted by Gasteiger charge is 2.08. The number of carbonyl (C=O) groups excluding carboxylic acids is 2. The van der Waals surface area contributed by atoms with Crippen LogP contribution in [0.3, 0.4) is 0 Å². The normalized spacial score (nSPS) is 10.7. The molecule has 6 heteroatoms. The van der Waals surface area contributed by atoms with Crippen molar-refractivity contribution in [3.8, 4) is 6.07 Å². The summed E-state index contributed by atoms with van der Waals surface area (Å²) < 4.78 is 7.13. The van der Waals surface area contributed by atoms with Crippen LogP contribution in [-0.4, -0.2) is 23.0 Å². The molecule has 0 radical (unpaired) electrons. The highest BCUT2D eigenvalue weighted by atomic mass is 16.5. The Morgan fingerprint density at radius 1 is 1.10 bits per heavy atom. The van der Waals surface area contributed by atoms with Gasteiger partial charge in [-0.05, 0) is 17.7 Å². The SMILES string of the molecule is N#CCCn1cc(/C=C/C(=O)NCC(=O)OCc2ccccc2)c2ccccc21. The number of esters is 1. The molecule has 0 aliphatic rings. The van der Waals surface area contributed by atoms with Crippen molar-refractivity contribution in [1.29, 1.82) is 5.26 Å². The van der Waals surface area contributed by atoms with Gasteiger partial charge in [-0.3, -0.25) is 9.59 Å². The molecule has 3 rings (SSSR count). The second kappa shape index (κ2) is 9.90. The minimum atomic E-state index is -0.497. The largest absolute Gasteiger partial charge is 0.460 e. The first-order valence-corrected chi connectivity index (χ1v) is 9.27. The molecule has 6 nitrogen and oxygen atoms in total. The highest BCUT2D eigenvalue weighted by molar-refractivity contribution is 5.97. The Kier molecular flexibility index (Phi) is 6.80. The van der Waals surface area contributed by atoms with Gasteiger partial charge in [0.15, 0.2) is 0 Å². The van der Waals surface area contributed by atoms with Crippen LogP contribution in [-0.2, 0) is 27.5 Å². The average Bonchev–Trinajstić information content (AvgIpc) is 3.12. The van der Waals surface area contributed by atoms with Crippen LogP contribution in [0.25, 0.3) is 17.0 Å². The predicted molar refractivity (Wildman–Crippen MR) is 110 cm³/mol. The molecular formula is C23H21N3O3. The fourth-order valence-electron chi connectivity index (χ4n) is 2.94. The van der Waals surface area contributed by atoms with E-state index in [1.165, 1.54) is 6.08 Å². The number of amides is 1. The molecule has 0 spiro atoms. The number of benzene rings is 2. The number of fused-ring (bicyclic) bond motifs is 1. The highest BCUT2D eigenvalue weighted by Crippen LogP contribution is 2.22. The second-order valence-corrected chi connectivity index (χ2v) is 6.40. The summed E-state index contributed by atoms with van der Waals surface area (Å²) in [6, 6.07) is 19.3. The number of nitrogens with one attached hydrogen (secondary N) is 1. The van der Waals surface area contributed by atoms with Crippen LogP contribution in [0.1, 0.15) is 17.5 Å². The Morgan fingerprint density at radius 3 is 2.66 bits per heavy atom. The number of rotatable bonds is 8. The number of hydrogen-bond acceptors (Lipinski definition) is 4. The van der Waals surface area contributed by atoms with Crippen molar-refractivity contribution in [2.75, 3.05) is 6.54 Å². The lowest BCUT2D eigenvalue weighted by molar-refractivity contribution is -0.144. The Bertz CT molecular complexity index is 1060. The Morgan fingerprint density at radius 2 is 1.86 bits per heavy atom. The number of nitriles is 1. The third-order valence-electron chi connectivity index (χ3n) is 4.35. The van der Waals surface area contributed by atoms with Gasteiger partial charge in [0.2, 0.25) is 5.91 Å². The summed E-state index contributed by atoms with van der Waals surface area (Å²) in [7, 11) is 0. The Balaban J connectivity index is 1.55. The van der Waals surface area contributed by atoms with E-state index in [-0.39, 0.29) is 19.1 Å². The van der Waals surface area contributed by atoms with E-state index in [4.69, 9.17) is 10.00 Å². The third kappa shape index (κ3) is 5.56. The van der Waals surface area contributed by atoms with E-state index in [2.05, 4.69) is 11.4 Å². The molecule has 146 valence electrons. The van der Waals surface area contributed by atoms with Gasteiger partial charge in [-0.15, -0.1) is 0 Å². The predicted octanol–water partition coefficient (Wildman–Crippen LogP) is 3.43. The van der Waals surface area contributed by atoms with Crippen molar-refractivity contribution in [3.05, 3.63) is 78.0 Å². The van der Waals surface area contributed by atoms with E-state index in [0.29, 0.717) is 13.0 Å². The van der Waals surface area contributed by atoms with E-state index in [1.54, 1.807) is 6.08 Å². The first kappa shape index (κ1) is 19.9. The molecule has 1 amide bonds. The van der Waals surface area contributed by atoms with Crippen molar-refractivity contribution in [1.82, 2.24) is 9.88 Å². The summed E-state index contributed by atoms with van der Waals surface area (Å²) in [6.07, 6.45) is 5.42. The maximum absolute atomic E-state index is 12.1. The smallest absolute Gasteiger partial charge is 0.325 e. The zero-order chi connectivity index (χ0) is 20.5. The van der Waals surface area contributed by atoms with Crippen molar-refractivity contribution >= 4 is 28.9 Å². The zero-order valence-corrected chi connectivity index (χ0v) is 15.9. The summed E-state index contributed by atoms with van der Waals surface area (Å²) in [5, 5.41) is 12.3. The summed E-state index contributed by atoms with van der Waals surface area (Å²) in [4.78, 5) is 23.8. The second-order valence-electron chi connectivity index (χ2n) is 6.40. The fourth-order valence-corrected chi connectivity index (χ4v) is 2.94. The molecule has 0 fully saturated rings. The van der Waals surface area contributed by atoms with Gasteiger partial charge >= 0.3 is 5.97 Å². The molecule has 2 aromatic carbocycles. The molecule has 3 aromatic rings. The minimum absolute atomic E-state index is 0.174. The molecule has 0 saturated heterocycles. The summed E-state index contributed by atoms with van der Waals surface area (Å²) in [6.45, 7) is 0.567. The zero-order valence-electron chi connectivity index (χ0n) is 15.9. The van der Waals surface area contributed by atoms with E-state index in [1.807, 2.05) is 65.4 Å². The summed E-state index contributed by atoms with van der Waals surface area (Å²) in [5.41, 5.74) is 2.77. The Labute approximate surface area is 169 Å². The first-order chi connectivity index (χ1) is 14.2. The van der Waals surface area contributed by atoms with Gasteiger partial charge in [0.05, 0.1) is 12.5 Å². The van der Waals surface area contributed by atoms with E-state index in [0.717, 1.165) is 22.0 Å². The molecule has 29 heavy (non-hydrogen) atoms. The quantitative estimate of drug-likeness (QED) is 0.474. The number of carbonyl (C=O) groups is 2. The van der Waals surface area contributed by atoms with Crippen molar-refractivity contribution < 1.29 is 14.3 Å². The molecule has 0 bridgehead atoms. The Hall–Kier alpha value is -3.85. The van der Waals surface area contributed by atoms with Crippen molar-refractivity contribution in [2.45, 2.75) is 19.6 Å². The van der Waals surface area contributed by atoms with Crippen LogP contribution in [0.2, 0.25) is 0 Å². The van der Waals surface area contributed by atoms with Gasteiger partial charge in [-0.25, -0.2) is 0 Å². The standard InChI is InChI=1S/C23H21N3O3/c24-13-6-14-26-16-19(20-9-4-5-10-21(20)26)11-12-22(27)25-15-23(28)29-17-18-7-2-1-3-8-18/h1-5,7-12,16H,6,14-15,17H2,(H,25,27)/b12-11+.